The Kier molecular flexibility index (Phi) is 54.8. The highest BCUT2D eigenvalue weighted by Crippen LogP contribution is 2.15. The zero-order valence-electron chi connectivity index (χ0n) is 45.6. The van der Waals surface area contributed by atoms with Crippen LogP contribution < -0.4 is 0 Å². The average molecular weight is 964 g/mol. The Balaban J connectivity index is 4.42. The molecule has 0 heterocycles. The van der Waals surface area contributed by atoms with Gasteiger partial charge in [0.2, 0.25) is 0 Å². The van der Waals surface area contributed by atoms with E-state index in [1.165, 1.54) is 173 Å². The Morgan fingerprint density at radius 1 is 0.290 bits per heavy atom. The molecule has 0 rings (SSSR count). The summed E-state index contributed by atoms with van der Waals surface area (Å²) in [5.74, 6) is -0.932. The van der Waals surface area contributed by atoms with Crippen molar-refractivity contribution in [2.24, 2.45) is 0 Å². The monoisotopic (exact) mass is 963 g/mol. The lowest BCUT2D eigenvalue weighted by Gasteiger charge is -2.18. The van der Waals surface area contributed by atoms with Crippen LogP contribution in [0, 0.1) is 0 Å². The van der Waals surface area contributed by atoms with Gasteiger partial charge in [-0.15, -0.1) is 0 Å². The fourth-order valence-electron chi connectivity index (χ4n) is 8.18. The summed E-state index contributed by atoms with van der Waals surface area (Å²) in [5.41, 5.74) is 0. The second-order valence-corrected chi connectivity index (χ2v) is 19.5. The van der Waals surface area contributed by atoms with Crippen LogP contribution in [0.3, 0.4) is 0 Å². The third kappa shape index (κ3) is 55.6. The predicted octanol–water partition coefficient (Wildman–Crippen LogP) is 19.8. The Morgan fingerprint density at radius 3 is 0.884 bits per heavy atom. The molecule has 0 radical (unpaired) electrons. The molecular weight excluding hydrogens is 853 g/mol. The second kappa shape index (κ2) is 57.4. The lowest BCUT2D eigenvalue weighted by Crippen LogP contribution is -2.30. The number of unbranched alkanes of at least 4 members (excludes halogenated alkanes) is 30. The van der Waals surface area contributed by atoms with Gasteiger partial charge in [0.15, 0.2) is 6.10 Å². The number of ether oxygens (including phenoxy) is 3. The van der Waals surface area contributed by atoms with Crippen molar-refractivity contribution >= 4 is 17.9 Å². The van der Waals surface area contributed by atoms with E-state index in [-0.39, 0.29) is 37.5 Å². The minimum absolute atomic E-state index is 0.0935. The molecule has 0 aromatic carbocycles. The molecule has 6 nitrogen and oxygen atoms in total. The molecule has 0 saturated carbocycles. The van der Waals surface area contributed by atoms with Crippen molar-refractivity contribution in [3.05, 3.63) is 72.9 Å². The number of rotatable bonds is 53. The van der Waals surface area contributed by atoms with Gasteiger partial charge < -0.3 is 14.2 Å². The summed E-state index contributed by atoms with van der Waals surface area (Å²) in [7, 11) is 0. The zero-order valence-corrected chi connectivity index (χ0v) is 45.6. The fraction of sp³-hybridized carbons (Fsp3) is 0.762. The van der Waals surface area contributed by atoms with E-state index in [0.29, 0.717) is 19.3 Å². The molecule has 69 heavy (non-hydrogen) atoms. The van der Waals surface area contributed by atoms with E-state index in [1.807, 2.05) is 0 Å². The Bertz CT molecular complexity index is 1290. The molecule has 0 aromatic rings. The van der Waals surface area contributed by atoms with E-state index >= 15 is 0 Å². The highest BCUT2D eigenvalue weighted by molar-refractivity contribution is 5.71. The normalized spacial score (nSPS) is 12.6. The average Bonchev–Trinajstić information content (AvgIpc) is 3.35. The van der Waals surface area contributed by atoms with E-state index < -0.39 is 6.10 Å². The highest BCUT2D eigenvalue weighted by Gasteiger charge is 2.19. The molecule has 6 heteroatoms. The molecule has 0 amide bonds. The molecule has 0 aromatic heterocycles. The second-order valence-electron chi connectivity index (χ2n) is 19.5. The van der Waals surface area contributed by atoms with Crippen LogP contribution in [0.25, 0.3) is 0 Å². The van der Waals surface area contributed by atoms with Crippen LogP contribution in [-0.4, -0.2) is 37.2 Å². The van der Waals surface area contributed by atoms with Crippen LogP contribution in [0.15, 0.2) is 72.9 Å². The molecule has 1 atom stereocenters. The number of hydrogen-bond acceptors (Lipinski definition) is 6. The number of esters is 3. The molecule has 0 aliphatic carbocycles. The maximum atomic E-state index is 12.8. The molecule has 0 aliphatic rings. The van der Waals surface area contributed by atoms with E-state index in [1.54, 1.807) is 0 Å². The van der Waals surface area contributed by atoms with E-state index in [4.69, 9.17) is 14.2 Å². The standard InChI is InChI=1S/C63H110O6/c1-4-7-10-13-16-19-22-25-28-30-31-33-36-38-41-44-47-50-53-56-62(65)68-59-60(69-63(66)57-54-51-48-45-42-39-34-27-24-21-18-15-12-9-6-3)58-67-61(64)55-52-49-46-43-40-37-35-32-29-26-23-20-17-14-11-8-5-2/h16,18-19,21,25-29,34,42,45,60H,4-15,17,20,22-24,30-33,35-41,43-44,46-59H2,1-3H3/b19-16-,21-18-,28-25-,29-26-,34-27-,45-42-/t60-/m0/s1. The number of hydrogen-bond donors (Lipinski definition) is 0. The van der Waals surface area contributed by atoms with Gasteiger partial charge in [-0.3, -0.25) is 14.4 Å². The summed E-state index contributed by atoms with van der Waals surface area (Å²) >= 11 is 0. The Labute approximate surface area is 427 Å². The van der Waals surface area contributed by atoms with Crippen molar-refractivity contribution in [2.75, 3.05) is 13.2 Å². The lowest BCUT2D eigenvalue weighted by molar-refractivity contribution is -0.167. The highest BCUT2D eigenvalue weighted by atomic mass is 16.6. The molecule has 0 fully saturated rings. The van der Waals surface area contributed by atoms with Crippen molar-refractivity contribution in [3.63, 3.8) is 0 Å². The molecule has 0 unspecified atom stereocenters. The number of carbonyl (C=O) groups excluding carboxylic acids is 3. The Hall–Kier alpha value is -3.15. The predicted molar refractivity (Wildman–Crippen MR) is 298 cm³/mol. The summed E-state index contributed by atoms with van der Waals surface area (Å²) in [5, 5.41) is 0. The first-order chi connectivity index (χ1) is 34.0. The van der Waals surface area contributed by atoms with Gasteiger partial charge in [-0.05, 0) is 116 Å². The third-order valence-electron chi connectivity index (χ3n) is 12.7. The molecule has 0 bridgehead atoms. The van der Waals surface area contributed by atoms with Crippen LogP contribution in [0.2, 0.25) is 0 Å². The molecule has 398 valence electrons. The summed E-state index contributed by atoms with van der Waals surface area (Å²) in [4.78, 5) is 38.2. The van der Waals surface area contributed by atoms with Crippen LogP contribution in [0.4, 0.5) is 0 Å². The maximum Gasteiger partial charge on any atom is 0.306 e. The van der Waals surface area contributed by atoms with Gasteiger partial charge in [0, 0.05) is 19.3 Å². The van der Waals surface area contributed by atoms with Gasteiger partial charge in [-0.1, -0.05) is 229 Å². The van der Waals surface area contributed by atoms with E-state index in [9.17, 15) is 14.4 Å². The van der Waals surface area contributed by atoms with Gasteiger partial charge in [-0.2, -0.15) is 0 Å². The van der Waals surface area contributed by atoms with E-state index in [0.717, 1.165) is 70.6 Å². The third-order valence-corrected chi connectivity index (χ3v) is 12.7. The van der Waals surface area contributed by atoms with Crippen LogP contribution in [0.1, 0.15) is 290 Å². The van der Waals surface area contributed by atoms with Crippen molar-refractivity contribution in [1.82, 2.24) is 0 Å². The summed E-state index contributed by atoms with van der Waals surface area (Å²) in [6.07, 6.45) is 73.2. The largest absolute Gasteiger partial charge is 0.462 e. The van der Waals surface area contributed by atoms with Crippen molar-refractivity contribution in [1.29, 1.82) is 0 Å². The van der Waals surface area contributed by atoms with Gasteiger partial charge in [0.05, 0.1) is 0 Å². The zero-order chi connectivity index (χ0) is 50.0. The molecule has 0 saturated heterocycles. The first-order valence-electron chi connectivity index (χ1n) is 29.4. The SMILES string of the molecule is CCCCC/C=C\C/C=C\C/C=C\CCCCC(=O)O[C@@H](COC(=O)CCCCCCCCC/C=C\CCCCCCCC)COC(=O)CCCCCCCCCCC/C=C\C/C=C\CCCCC. The number of allylic oxidation sites excluding steroid dienone is 12. The smallest absolute Gasteiger partial charge is 0.306 e. The molecule has 0 aliphatic heterocycles. The molecule has 0 spiro atoms. The fourth-order valence-corrected chi connectivity index (χ4v) is 8.18. The quantitative estimate of drug-likeness (QED) is 0.0262. The minimum atomic E-state index is -0.799. The van der Waals surface area contributed by atoms with Crippen molar-refractivity contribution < 1.29 is 28.6 Å². The number of carbonyl (C=O) groups is 3. The van der Waals surface area contributed by atoms with Gasteiger partial charge in [-0.25, -0.2) is 0 Å². The first kappa shape index (κ1) is 65.8. The van der Waals surface area contributed by atoms with Gasteiger partial charge in [0.1, 0.15) is 13.2 Å². The van der Waals surface area contributed by atoms with Crippen molar-refractivity contribution in [2.45, 2.75) is 297 Å². The summed E-state index contributed by atoms with van der Waals surface area (Å²) in [6.45, 7) is 6.56. The summed E-state index contributed by atoms with van der Waals surface area (Å²) < 4.78 is 16.8. The van der Waals surface area contributed by atoms with Gasteiger partial charge in [0.25, 0.3) is 0 Å². The van der Waals surface area contributed by atoms with Gasteiger partial charge >= 0.3 is 17.9 Å². The van der Waals surface area contributed by atoms with Crippen molar-refractivity contribution in [3.8, 4) is 0 Å². The summed E-state index contributed by atoms with van der Waals surface area (Å²) in [6, 6.07) is 0. The molecule has 0 N–H and O–H groups in total. The van der Waals surface area contributed by atoms with Crippen LogP contribution in [-0.2, 0) is 28.6 Å². The maximum absolute atomic E-state index is 12.8. The first-order valence-corrected chi connectivity index (χ1v) is 29.4. The Morgan fingerprint density at radius 2 is 0.522 bits per heavy atom. The lowest BCUT2D eigenvalue weighted by atomic mass is 10.1. The minimum Gasteiger partial charge on any atom is -0.462 e. The van der Waals surface area contributed by atoms with E-state index in [2.05, 4.69) is 93.7 Å². The van der Waals surface area contributed by atoms with Crippen LogP contribution >= 0.6 is 0 Å². The molecular formula is C63H110O6. The topological polar surface area (TPSA) is 78.9 Å². The van der Waals surface area contributed by atoms with Crippen LogP contribution in [0.5, 0.6) is 0 Å².